The minimum Gasteiger partial charge on any atom is -0.460 e. The second-order valence-electron chi connectivity index (χ2n) is 4.84. The number of hydrogen-bond donors (Lipinski definition) is 0. The normalized spacial score (nSPS) is 31.4. The number of esters is 1. The van der Waals surface area contributed by atoms with Gasteiger partial charge < -0.3 is 9.47 Å². The van der Waals surface area contributed by atoms with Crippen molar-refractivity contribution in [3.63, 3.8) is 0 Å². The van der Waals surface area contributed by atoms with Gasteiger partial charge in [0.15, 0.2) is 0 Å². The summed E-state index contributed by atoms with van der Waals surface area (Å²) in [5, 5.41) is 0. The zero-order valence-electron chi connectivity index (χ0n) is 9.66. The molecule has 0 radical (unpaired) electrons. The Morgan fingerprint density at radius 1 is 1.36 bits per heavy atom. The average Bonchev–Trinajstić information content (AvgIpc) is 2.58. The van der Waals surface area contributed by atoms with Crippen LogP contribution in [0.4, 0.5) is 0 Å². The third kappa shape index (κ3) is 2.71. The van der Waals surface area contributed by atoms with Gasteiger partial charge in [0.1, 0.15) is 5.60 Å². The summed E-state index contributed by atoms with van der Waals surface area (Å²) in [6.45, 7) is 10.3. The Bertz CT molecular complexity index is 217. The maximum absolute atomic E-state index is 11.6. The van der Waals surface area contributed by atoms with Crippen molar-refractivity contribution in [2.45, 2.75) is 46.3 Å². The molecule has 0 N–H and O–H groups in total. The molecule has 0 aliphatic heterocycles. The Morgan fingerprint density at radius 3 is 2.36 bits per heavy atom. The van der Waals surface area contributed by atoms with Crippen LogP contribution in [-0.4, -0.2) is 24.3 Å². The molecule has 1 saturated carbocycles. The molecule has 0 aromatic rings. The second-order valence-corrected chi connectivity index (χ2v) is 4.84. The number of rotatable bonds is 3. The second kappa shape index (κ2) is 3.89. The van der Waals surface area contributed by atoms with E-state index in [1.807, 2.05) is 34.6 Å². The van der Waals surface area contributed by atoms with E-state index in [0.29, 0.717) is 12.5 Å². The van der Waals surface area contributed by atoms with Crippen LogP contribution in [0.15, 0.2) is 0 Å². The average molecular weight is 200 g/mol. The molecule has 1 aliphatic rings. The number of carbonyl (C=O) groups is 1. The van der Waals surface area contributed by atoms with Crippen LogP contribution in [0.2, 0.25) is 0 Å². The highest BCUT2D eigenvalue weighted by atomic mass is 16.6. The monoisotopic (exact) mass is 200 g/mol. The van der Waals surface area contributed by atoms with Gasteiger partial charge in [-0.1, -0.05) is 6.92 Å². The summed E-state index contributed by atoms with van der Waals surface area (Å²) >= 11 is 0. The van der Waals surface area contributed by atoms with Crippen LogP contribution in [0.1, 0.15) is 34.6 Å². The number of carbonyl (C=O) groups excluding carboxylic acids is 1. The minimum absolute atomic E-state index is 0.0471. The summed E-state index contributed by atoms with van der Waals surface area (Å²) in [5.74, 6) is 0.141. The van der Waals surface area contributed by atoms with Crippen molar-refractivity contribution in [1.29, 1.82) is 0 Å². The molecule has 3 nitrogen and oxygen atoms in total. The van der Waals surface area contributed by atoms with E-state index in [0.717, 1.165) is 0 Å². The number of hydrogen-bond acceptors (Lipinski definition) is 3. The fourth-order valence-corrected chi connectivity index (χ4v) is 1.59. The van der Waals surface area contributed by atoms with Crippen molar-refractivity contribution in [2.75, 3.05) is 6.61 Å². The van der Waals surface area contributed by atoms with Gasteiger partial charge in [0.25, 0.3) is 0 Å². The summed E-state index contributed by atoms with van der Waals surface area (Å²) in [7, 11) is 0. The van der Waals surface area contributed by atoms with E-state index in [-0.39, 0.29) is 18.0 Å². The predicted octanol–water partition coefficient (Wildman–Crippen LogP) is 2.00. The smallest absolute Gasteiger partial charge is 0.312 e. The van der Waals surface area contributed by atoms with E-state index in [4.69, 9.17) is 9.47 Å². The van der Waals surface area contributed by atoms with Crippen molar-refractivity contribution in [1.82, 2.24) is 0 Å². The van der Waals surface area contributed by atoms with E-state index in [1.54, 1.807) is 0 Å². The molecule has 0 amide bonds. The van der Waals surface area contributed by atoms with Crippen molar-refractivity contribution >= 4 is 5.97 Å². The topological polar surface area (TPSA) is 35.5 Å². The van der Waals surface area contributed by atoms with E-state index < -0.39 is 5.60 Å². The van der Waals surface area contributed by atoms with Crippen LogP contribution in [0.5, 0.6) is 0 Å². The summed E-state index contributed by atoms with van der Waals surface area (Å²) in [6, 6.07) is 0. The van der Waals surface area contributed by atoms with Crippen molar-refractivity contribution in [2.24, 2.45) is 11.8 Å². The molecule has 0 heterocycles. The molecule has 3 atom stereocenters. The van der Waals surface area contributed by atoms with E-state index in [9.17, 15) is 4.79 Å². The van der Waals surface area contributed by atoms with Crippen LogP contribution < -0.4 is 0 Å². The van der Waals surface area contributed by atoms with Crippen LogP contribution in [0.25, 0.3) is 0 Å². The Morgan fingerprint density at radius 2 is 1.93 bits per heavy atom. The van der Waals surface area contributed by atoms with Gasteiger partial charge in [-0.2, -0.15) is 0 Å². The molecular weight excluding hydrogens is 180 g/mol. The van der Waals surface area contributed by atoms with E-state index in [1.165, 1.54) is 0 Å². The Balaban J connectivity index is 2.41. The first-order valence-electron chi connectivity index (χ1n) is 5.21. The molecule has 82 valence electrons. The van der Waals surface area contributed by atoms with Gasteiger partial charge in [-0.25, -0.2) is 0 Å². The highest BCUT2D eigenvalue weighted by molar-refractivity contribution is 5.77. The molecule has 1 fully saturated rings. The van der Waals surface area contributed by atoms with E-state index in [2.05, 4.69) is 0 Å². The number of ether oxygens (including phenoxy) is 2. The first-order chi connectivity index (χ1) is 6.37. The Hall–Kier alpha value is -0.570. The molecule has 14 heavy (non-hydrogen) atoms. The molecule has 1 aliphatic carbocycles. The van der Waals surface area contributed by atoms with Gasteiger partial charge in [-0.15, -0.1) is 0 Å². The Labute approximate surface area is 85.8 Å². The third-order valence-electron chi connectivity index (χ3n) is 2.34. The molecule has 0 bridgehead atoms. The molecule has 0 aromatic carbocycles. The highest BCUT2D eigenvalue weighted by Gasteiger charge is 2.54. The first-order valence-corrected chi connectivity index (χ1v) is 5.21. The zero-order valence-corrected chi connectivity index (χ0v) is 9.66. The predicted molar refractivity (Wildman–Crippen MR) is 53.9 cm³/mol. The summed E-state index contributed by atoms with van der Waals surface area (Å²) in [4.78, 5) is 11.6. The maximum atomic E-state index is 11.6. The summed E-state index contributed by atoms with van der Waals surface area (Å²) < 4.78 is 10.7. The zero-order chi connectivity index (χ0) is 10.9. The van der Waals surface area contributed by atoms with Gasteiger partial charge in [0, 0.05) is 6.61 Å². The standard InChI is InChI=1S/C11H20O3/c1-6-13-9-7(2)8(9)10(12)14-11(3,4)5/h7-9H,6H2,1-5H3/t7-,8-,9-/m1/s1. The lowest BCUT2D eigenvalue weighted by Crippen LogP contribution is -2.26. The van der Waals surface area contributed by atoms with Crippen molar-refractivity contribution < 1.29 is 14.3 Å². The highest BCUT2D eigenvalue weighted by Crippen LogP contribution is 2.42. The first kappa shape index (κ1) is 11.5. The lowest BCUT2D eigenvalue weighted by Gasteiger charge is -2.19. The quantitative estimate of drug-likeness (QED) is 0.654. The van der Waals surface area contributed by atoms with Gasteiger partial charge in [0.05, 0.1) is 12.0 Å². The minimum atomic E-state index is -0.393. The summed E-state index contributed by atoms with van der Waals surface area (Å²) in [5.41, 5.74) is -0.393. The van der Waals surface area contributed by atoms with E-state index >= 15 is 0 Å². The van der Waals surface area contributed by atoms with Crippen molar-refractivity contribution in [3.05, 3.63) is 0 Å². The van der Waals surface area contributed by atoms with Crippen LogP contribution in [0, 0.1) is 11.8 Å². The van der Waals surface area contributed by atoms with Crippen molar-refractivity contribution in [3.8, 4) is 0 Å². The van der Waals surface area contributed by atoms with Crippen LogP contribution in [0.3, 0.4) is 0 Å². The lowest BCUT2D eigenvalue weighted by molar-refractivity contribution is -0.157. The fourth-order valence-electron chi connectivity index (χ4n) is 1.59. The van der Waals surface area contributed by atoms with Gasteiger partial charge in [-0.05, 0) is 33.6 Å². The summed E-state index contributed by atoms with van der Waals surface area (Å²) in [6.07, 6.45) is 0.0786. The molecule has 3 heteroatoms. The molecule has 0 unspecified atom stereocenters. The SMILES string of the molecule is CCO[C@@H]1[C@H](C)[C@H]1C(=O)OC(C)(C)C. The van der Waals surface area contributed by atoms with Gasteiger partial charge >= 0.3 is 5.97 Å². The fraction of sp³-hybridized carbons (Fsp3) is 0.909. The maximum Gasteiger partial charge on any atom is 0.312 e. The molecule has 0 spiro atoms. The third-order valence-corrected chi connectivity index (χ3v) is 2.34. The Kier molecular flexibility index (Phi) is 3.20. The van der Waals surface area contributed by atoms with Gasteiger partial charge in [0.2, 0.25) is 0 Å². The van der Waals surface area contributed by atoms with Crippen LogP contribution >= 0.6 is 0 Å². The molecule has 0 aromatic heterocycles. The van der Waals surface area contributed by atoms with Gasteiger partial charge in [-0.3, -0.25) is 4.79 Å². The molecule has 1 rings (SSSR count). The molecule has 0 saturated heterocycles. The van der Waals surface area contributed by atoms with Crippen LogP contribution in [-0.2, 0) is 14.3 Å². The molecular formula is C11H20O3. The largest absolute Gasteiger partial charge is 0.460 e. The lowest BCUT2D eigenvalue weighted by atomic mass is 10.2.